The Bertz CT molecular complexity index is 871. The van der Waals surface area contributed by atoms with Crippen molar-refractivity contribution in [3.05, 3.63) is 59.7 Å². The summed E-state index contributed by atoms with van der Waals surface area (Å²) >= 11 is 0. The minimum absolute atomic E-state index is 0.166. The van der Waals surface area contributed by atoms with Crippen LogP contribution in [0.5, 0.6) is 11.5 Å². The van der Waals surface area contributed by atoms with E-state index in [9.17, 15) is 26.3 Å². The Hall–Kier alpha value is -2.68. The third-order valence-corrected chi connectivity index (χ3v) is 4.51. The van der Waals surface area contributed by atoms with Gasteiger partial charge >= 0.3 is 12.4 Å². The minimum Gasteiger partial charge on any atom is -0.453 e. The van der Waals surface area contributed by atoms with E-state index in [1.165, 1.54) is 12.1 Å². The van der Waals surface area contributed by atoms with Crippen LogP contribution in [-0.4, -0.2) is 19.3 Å². The highest BCUT2D eigenvalue weighted by Gasteiger charge is 2.37. The summed E-state index contributed by atoms with van der Waals surface area (Å²) < 4.78 is 89.3. The molecule has 0 aliphatic carbocycles. The number of nitrogens with zero attached hydrogens (tertiary/aromatic N) is 1. The molecule has 0 saturated heterocycles. The Morgan fingerprint density at radius 1 is 0.821 bits per heavy atom. The van der Waals surface area contributed by atoms with Gasteiger partial charge in [0.25, 0.3) is 0 Å². The summed E-state index contributed by atoms with van der Waals surface area (Å²) in [7, 11) is 0. The zero-order valence-corrected chi connectivity index (χ0v) is 14.1. The Kier molecular flexibility index (Phi) is 4.29. The molecule has 2 aromatic carbocycles. The predicted octanol–water partition coefficient (Wildman–Crippen LogP) is 5.92. The number of rotatable bonds is 1. The van der Waals surface area contributed by atoms with Crippen LogP contribution in [0.4, 0.5) is 37.7 Å². The van der Waals surface area contributed by atoms with Crippen LogP contribution >= 0.6 is 0 Å². The van der Waals surface area contributed by atoms with Gasteiger partial charge in [0.15, 0.2) is 11.5 Å². The first-order valence-corrected chi connectivity index (χ1v) is 8.28. The molecule has 0 saturated carbocycles. The first-order valence-electron chi connectivity index (χ1n) is 8.28. The van der Waals surface area contributed by atoms with Crippen molar-refractivity contribution >= 4 is 11.4 Å². The third-order valence-electron chi connectivity index (χ3n) is 4.51. The maximum absolute atomic E-state index is 13.1. The van der Waals surface area contributed by atoms with Gasteiger partial charge in [-0.3, -0.25) is 0 Å². The lowest BCUT2D eigenvalue weighted by atomic mass is 10.0. The van der Waals surface area contributed by atoms with Crippen molar-refractivity contribution in [3.63, 3.8) is 0 Å². The molecular formula is C19H13F6NO2. The summed E-state index contributed by atoms with van der Waals surface area (Å²) in [6.45, 7) is 0.623. The quantitative estimate of drug-likeness (QED) is 0.437. The molecule has 28 heavy (non-hydrogen) atoms. The van der Waals surface area contributed by atoms with E-state index in [2.05, 4.69) is 0 Å². The molecule has 2 heterocycles. The van der Waals surface area contributed by atoms with Crippen LogP contribution in [0.25, 0.3) is 0 Å². The van der Waals surface area contributed by atoms with Gasteiger partial charge < -0.3 is 14.4 Å². The van der Waals surface area contributed by atoms with E-state index in [-0.39, 0.29) is 18.1 Å². The van der Waals surface area contributed by atoms with Crippen LogP contribution < -0.4 is 9.64 Å². The van der Waals surface area contributed by atoms with Crippen molar-refractivity contribution in [1.82, 2.24) is 0 Å². The van der Waals surface area contributed by atoms with Crippen molar-refractivity contribution in [3.8, 4) is 11.5 Å². The fourth-order valence-corrected chi connectivity index (χ4v) is 3.23. The fourth-order valence-electron chi connectivity index (χ4n) is 3.23. The molecule has 0 fully saturated rings. The Labute approximate surface area is 155 Å². The molecule has 1 unspecified atom stereocenters. The maximum atomic E-state index is 13.1. The van der Waals surface area contributed by atoms with Crippen molar-refractivity contribution in [2.24, 2.45) is 0 Å². The van der Waals surface area contributed by atoms with Gasteiger partial charge in [-0.2, -0.15) is 26.3 Å². The average molecular weight is 401 g/mol. The number of ether oxygens (including phenoxy) is 2. The van der Waals surface area contributed by atoms with Crippen LogP contribution in [0.1, 0.15) is 11.1 Å². The topological polar surface area (TPSA) is 21.7 Å². The lowest BCUT2D eigenvalue weighted by Crippen LogP contribution is -2.37. The Morgan fingerprint density at radius 3 is 1.79 bits per heavy atom. The highest BCUT2D eigenvalue weighted by Crippen LogP contribution is 2.50. The van der Waals surface area contributed by atoms with Gasteiger partial charge in [-0.1, -0.05) is 12.2 Å². The maximum Gasteiger partial charge on any atom is 0.416 e. The molecule has 148 valence electrons. The van der Waals surface area contributed by atoms with E-state index < -0.39 is 29.5 Å². The van der Waals surface area contributed by atoms with Crippen LogP contribution in [0.15, 0.2) is 48.6 Å². The smallest absolute Gasteiger partial charge is 0.416 e. The van der Waals surface area contributed by atoms with Crippen molar-refractivity contribution in [2.75, 3.05) is 18.1 Å². The molecule has 0 radical (unpaired) electrons. The van der Waals surface area contributed by atoms with E-state index in [0.717, 1.165) is 24.3 Å². The zero-order valence-electron chi connectivity index (χ0n) is 14.1. The van der Waals surface area contributed by atoms with Gasteiger partial charge in [0.2, 0.25) is 0 Å². The monoisotopic (exact) mass is 401 g/mol. The molecular weight excluding hydrogens is 388 g/mol. The highest BCUT2D eigenvalue weighted by atomic mass is 19.4. The molecule has 0 spiro atoms. The lowest BCUT2D eigenvalue weighted by molar-refractivity contribution is -0.138. The van der Waals surface area contributed by atoms with Gasteiger partial charge in [-0.25, -0.2) is 0 Å². The predicted molar refractivity (Wildman–Crippen MR) is 88.8 cm³/mol. The van der Waals surface area contributed by atoms with Crippen molar-refractivity contribution < 1.29 is 35.8 Å². The number of benzene rings is 2. The van der Waals surface area contributed by atoms with Crippen LogP contribution in [-0.2, 0) is 17.1 Å². The van der Waals surface area contributed by atoms with E-state index in [0.29, 0.717) is 18.0 Å². The Morgan fingerprint density at radius 2 is 1.36 bits per heavy atom. The van der Waals surface area contributed by atoms with Crippen LogP contribution in [0, 0.1) is 0 Å². The number of halogens is 6. The normalized spacial score (nSPS) is 19.1. The van der Waals surface area contributed by atoms with E-state index in [4.69, 9.17) is 9.47 Å². The minimum atomic E-state index is -4.61. The first kappa shape index (κ1) is 18.7. The van der Waals surface area contributed by atoms with Gasteiger partial charge in [0, 0.05) is 0 Å². The molecule has 0 bridgehead atoms. The summed E-state index contributed by atoms with van der Waals surface area (Å²) in [5, 5.41) is 0. The van der Waals surface area contributed by atoms with Crippen molar-refractivity contribution in [2.45, 2.75) is 18.4 Å². The molecule has 2 aliphatic heterocycles. The van der Waals surface area contributed by atoms with Crippen LogP contribution in [0.3, 0.4) is 0 Å². The second-order valence-corrected chi connectivity index (χ2v) is 6.37. The molecule has 2 aromatic rings. The molecule has 0 N–H and O–H groups in total. The largest absolute Gasteiger partial charge is 0.453 e. The summed E-state index contributed by atoms with van der Waals surface area (Å²) in [6, 6.07) is 5.51. The van der Waals surface area contributed by atoms with Gasteiger partial charge in [-0.05, 0) is 36.4 Å². The number of fused-ring (bicyclic) bond motifs is 2. The molecule has 0 aromatic heterocycles. The zero-order chi connectivity index (χ0) is 20.1. The van der Waals surface area contributed by atoms with E-state index in [1.807, 2.05) is 0 Å². The fraction of sp³-hybridized carbons (Fsp3) is 0.263. The Balaban J connectivity index is 1.86. The summed E-state index contributed by atoms with van der Waals surface area (Å²) in [6.07, 6.45) is -5.66. The summed E-state index contributed by atoms with van der Waals surface area (Å²) in [4.78, 5) is 1.63. The molecule has 0 amide bonds. The summed E-state index contributed by atoms with van der Waals surface area (Å²) in [5.74, 6) is -0.332. The number of alkyl halides is 6. The van der Waals surface area contributed by atoms with Gasteiger partial charge in [0.05, 0.1) is 41.8 Å². The standard InChI is InChI=1S/C19H13F6NO2/c20-18(21,22)11-3-5-14-16(8-11)28-17-9-12(19(23,24)25)4-6-15(17)26(14)13-2-1-7-27-10-13/h1-6,8-9,13H,7,10H2. The number of hydrogen-bond donors (Lipinski definition) is 0. The molecule has 4 rings (SSSR count). The molecule has 1 atom stereocenters. The number of anilines is 2. The SMILES string of the molecule is FC(F)(F)c1ccc2c(c1)Oc1cc(C(F)(F)F)ccc1N2C1C=CCOC1. The molecule has 3 nitrogen and oxygen atoms in total. The third kappa shape index (κ3) is 3.30. The van der Waals surface area contributed by atoms with Crippen molar-refractivity contribution in [1.29, 1.82) is 0 Å². The average Bonchev–Trinajstić information content (AvgIpc) is 2.64. The first-order chi connectivity index (χ1) is 13.1. The van der Waals surface area contributed by atoms with E-state index >= 15 is 0 Å². The second kappa shape index (κ2) is 6.44. The number of hydrogen-bond acceptors (Lipinski definition) is 3. The van der Waals surface area contributed by atoms with Crippen LogP contribution in [0.2, 0.25) is 0 Å². The highest BCUT2D eigenvalue weighted by molar-refractivity contribution is 5.79. The summed E-state index contributed by atoms with van der Waals surface area (Å²) in [5.41, 5.74) is -1.25. The molecule has 2 aliphatic rings. The molecule has 9 heteroatoms. The van der Waals surface area contributed by atoms with Gasteiger partial charge in [-0.15, -0.1) is 0 Å². The second-order valence-electron chi connectivity index (χ2n) is 6.37. The van der Waals surface area contributed by atoms with E-state index in [1.54, 1.807) is 17.1 Å². The van der Waals surface area contributed by atoms with Gasteiger partial charge in [0.1, 0.15) is 0 Å². The lowest BCUT2D eigenvalue weighted by Gasteiger charge is -2.38.